The van der Waals surface area contributed by atoms with Crippen molar-refractivity contribution >= 4 is 33.3 Å². The Morgan fingerprint density at radius 3 is 2.77 bits per heavy atom. The minimum Gasteiger partial charge on any atom is -0.358 e. The molecule has 1 aliphatic heterocycles. The van der Waals surface area contributed by atoms with Crippen LogP contribution in [0.5, 0.6) is 0 Å². The van der Waals surface area contributed by atoms with Crippen molar-refractivity contribution in [3.05, 3.63) is 61.3 Å². The van der Waals surface area contributed by atoms with Gasteiger partial charge < -0.3 is 15.2 Å². The molecule has 0 unspecified atom stereocenters. The Balaban J connectivity index is 1.39. The fraction of sp³-hybridized carbons (Fsp3) is 0.259. The average molecular weight is 465 g/mol. The summed E-state index contributed by atoms with van der Waals surface area (Å²) in [4.78, 5) is 19.7. The molecule has 0 atom stereocenters. The summed E-state index contributed by atoms with van der Waals surface area (Å²) in [6.07, 6.45) is 11.9. The van der Waals surface area contributed by atoms with Crippen LogP contribution in [-0.2, 0) is 0 Å². The minimum atomic E-state index is 0.838. The first-order valence-corrected chi connectivity index (χ1v) is 12.2. The second-order valence-corrected chi connectivity index (χ2v) is 9.06. The van der Waals surface area contributed by atoms with E-state index in [1.54, 1.807) is 6.20 Å². The molecule has 8 heteroatoms. The van der Waals surface area contributed by atoms with Gasteiger partial charge in [-0.2, -0.15) is 5.10 Å². The second-order valence-electron chi connectivity index (χ2n) is 9.06. The first kappa shape index (κ1) is 21.3. The van der Waals surface area contributed by atoms with E-state index in [0.29, 0.717) is 0 Å². The van der Waals surface area contributed by atoms with Crippen LogP contribution in [0, 0.1) is 0 Å². The predicted molar refractivity (Wildman–Crippen MR) is 141 cm³/mol. The summed E-state index contributed by atoms with van der Waals surface area (Å²) < 4.78 is 0. The molecule has 35 heavy (non-hydrogen) atoms. The van der Waals surface area contributed by atoms with E-state index >= 15 is 0 Å². The number of anilines is 2. The lowest BCUT2D eigenvalue weighted by atomic mass is 10.1. The van der Waals surface area contributed by atoms with Crippen molar-refractivity contribution in [2.75, 3.05) is 23.3 Å². The Morgan fingerprint density at radius 2 is 1.91 bits per heavy atom. The zero-order valence-electron chi connectivity index (χ0n) is 19.8. The predicted octanol–water partition coefficient (Wildman–Crippen LogP) is 5.89. The minimum absolute atomic E-state index is 0.838. The number of aromatic amines is 2. The average Bonchev–Trinajstić information content (AvgIpc) is 3.53. The third-order valence-corrected chi connectivity index (χ3v) is 6.67. The summed E-state index contributed by atoms with van der Waals surface area (Å²) in [7, 11) is 0. The highest BCUT2D eigenvalue weighted by atomic mass is 15.2. The van der Waals surface area contributed by atoms with Gasteiger partial charge >= 0.3 is 0 Å². The van der Waals surface area contributed by atoms with Crippen LogP contribution in [0.4, 0.5) is 11.5 Å². The zero-order chi connectivity index (χ0) is 23.8. The molecule has 5 aromatic rings. The van der Waals surface area contributed by atoms with E-state index in [1.165, 1.54) is 19.3 Å². The monoisotopic (exact) mass is 464 g/mol. The van der Waals surface area contributed by atoms with Gasteiger partial charge in [-0.1, -0.05) is 13.5 Å². The van der Waals surface area contributed by atoms with E-state index in [2.05, 4.69) is 61.0 Å². The normalized spacial score (nSPS) is 14.0. The fourth-order valence-corrected chi connectivity index (χ4v) is 4.75. The van der Waals surface area contributed by atoms with Crippen LogP contribution in [-0.4, -0.2) is 43.2 Å². The van der Waals surface area contributed by atoms with Crippen LogP contribution in [0.15, 0.2) is 61.3 Å². The van der Waals surface area contributed by atoms with Gasteiger partial charge in [0.15, 0.2) is 0 Å². The van der Waals surface area contributed by atoms with Crippen molar-refractivity contribution < 1.29 is 0 Å². The smallest absolute Gasteiger partial charge is 0.137 e. The number of nitrogens with zero attached hydrogens (tertiary/aromatic N) is 5. The second kappa shape index (κ2) is 8.87. The molecule has 0 amide bonds. The molecular weight excluding hydrogens is 436 g/mol. The number of hydrogen-bond donors (Lipinski definition) is 3. The van der Waals surface area contributed by atoms with Gasteiger partial charge in [-0.15, -0.1) is 0 Å². The number of nitrogens with one attached hydrogen (secondary N) is 3. The van der Waals surface area contributed by atoms with E-state index in [-0.39, 0.29) is 0 Å². The Labute approximate surface area is 203 Å². The molecule has 0 bridgehead atoms. The van der Waals surface area contributed by atoms with Crippen molar-refractivity contribution in [3.8, 4) is 22.6 Å². The molecule has 1 fully saturated rings. The molecule has 5 aromatic heterocycles. The lowest BCUT2D eigenvalue weighted by Gasteiger charge is -2.28. The van der Waals surface area contributed by atoms with Gasteiger partial charge in [-0.3, -0.25) is 15.1 Å². The molecule has 6 rings (SSSR count). The van der Waals surface area contributed by atoms with E-state index in [1.807, 2.05) is 30.7 Å². The molecule has 6 heterocycles. The number of piperidine rings is 1. The maximum absolute atomic E-state index is 4.72. The molecule has 1 saturated heterocycles. The first-order chi connectivity index (χ1) is 17.2. The van der Waals surface area contributed by atoms with E-state index < -0.39 is 0 Å². The summed E-state index contributed by atoms with van der Waals surface area (Å²) in [5.41, 5.74) is 7.40. The number of hydrogen-bond acceptors (Lipinski definition) is 6. The zero-order valence-corrected chi connectivity index (χ0v) is 19.8. The lowest BCUT2D eigenvalue weighted by Crippen LogP contribution is -2.30. The van der Waals surface area contributed by atoms with Crippen molar-refractivity contribution in [2.24, 2.45) is 0 Å². The number of allylic oxidation sites excluding steroid dienone is 1. The summed E-state index contributed by atoms with van der Waals surface area (Å²) in [5.74, 6) is 1.05. The van der Waals surface area contributed by atoms with Crippen molar-refractivity contribution in [1.82, 2.24) is 30.1 Å². The highest BCUT2D eigenvalue weighted by Crippen LogP contribution is 2.34. The Hall–Kier alpha value is -4.20. The maximum atomic E-state index is 4.72. The summed E-state index contributed by atoms with van der Waals surface area (Å²) >= 11 is 0. The van der Waals surface area contributed by atoms with Crippen LogP contribution in [0.3, 0.4) is 0 Å². The number of H-pyrrole nitrogens is 2. The Bertz CT molecular complexity index is 1520. The lowest BCUT2D eigenvalue weighted by molar-refractivity contribution is 0.575. The highest BCUT2D eigenvalue weighted by Gasteiger charge is 2.18. The molecule has 0 aromatic carbocycles. The van der Waals surface area contributed by atoms with Crippen molar-refractivity contribution in [2.45, 2.75) is 32.6 Å². The maximum Gasteiger partial charge on any atom is 0.137 e. The summed E-state index contributed by atoms with van der Waals surface area (Å²) in [6.45, 7) is 8.21. The topological polar surface area (TPSA) is 98.4 Å². The number of rotatable bonds is 6. The third kappa shape index (κ3) is 4.01. The highest BCUT2D eigenvalue weighted by molar-refractivity contribution is 5.99. The van der Waals surface area contributed by atoms with E-state index in [0.717, 1.165) is 81.2 Å². The van der Waals surface area contributed by atoms with Gasteiger partial charge in [0.1, 0.15) is 11.5 Å². The molecule has 0 spiro atoms. The van der Waals surface area contributed by atoms with Gasteiger partial charge in [0.25, 0.3) is 0 Å². The number of pyridine rings is 3. The van der Waals surface area contributed by atoms with Crippen molar-refractivity contribution in [1.29, 1.82) is 0 Å². The number of aromatic nitrogens is 6. The Kier molecular flexibility index (Phi) is 5.41. The van der Waals surface area contributed by atoms with E-state index in [4.69, 9.17) is 4.98 Å². The summed E-state index contributed by atoms with van der Waals surface area (Å²) in [6, 6.07) is 8.31. The van der Waals surface area contributed by atoms with Crippen LogP contribution >= 0.6 is 0 Å². The quantitative estimate of drug-likeness (QED) is 0.290. The van der Waals surface area contributed by atoms with Crippen LogP contribution < -0.4 is 10.2 Å². The van der Waals surface area contributed by atoms with Gasteiger partial charge in [0.05, 0.1) is 40.5 Å². The van der Waals surface area contributed by atoms with Gasteiger partial charge in [-0.25, -0.2) is 4.98 Å². The van der Waals surface area contributed by atoms with Crippen LogP contribution in [0.25, 0.3) is 44.5 Å². The third-order valence-electron chi connectivity index (χ3n) is 6.67. The molecule has 1 aliphatic rings. The molecule has 176 valence electrons. The SMILES string of the molecule is C=C(CC)Nc1cncc(-c2cc3c(-c4cc5c(N6CCCCC6)nccc5[nH]4)n[nH]c3cn2)c1. The molecule has 0 saturated carbocycles. The molecular formula is C27H28N8. The van der Waals surface area contributed by atoms with Crippen molar-refractivity contribution in [3.63, 3.8) is 0 Å². The molecule has 0 radical (unpaired) electrons. The molecule has 8 nitrogen and oxygen atoms in total. The standard InChI is InChI=1S/C27H28N8/c1-3-17(2)31-19-11-18(14-28-15-19)23-12-20-25(16-30-23)33-34-26(20)24-13-21-22(32-24)7-8-29-27(21)35-9-5-4-6-10-35/h7-8,11-16,31-32H,2-6,9-10H2,1H3,(H,33,34). The largest absolute Gasteiger partial charge is 0.358 e. The van der Waals surface area contributed by atoms with E-state index in [9.17, 15) is 0 Å². The first-order valence-electron chi connectivity index (χ1n) is 12.2. The van der Waals surface area contributed by atoms with Gasteiger partial charge in [-0.05, 0) is 49.9 Å². The number of fused-ring (bicyclic) bond motifs is 2. The Morgan fingerprint density at radius 1 is 1.03 bits per heavy atom. The van der Waals surface area contributed by atoms with Gasteiger partial charge in [0.2, 0.25) is 0 Å². The van der Waals surface area contributed by atoms with Gasteiger partial charge in [0, 0.05) is 47.5 Å². The van der Waals surface area contributed by atoms with Crippen LogP contribution in [0.1, 0.15) is 32.6 Å². The molecule has 0 aliphatic carbocycles. The summed E-state index contributed by atoms with van der Waals surface area (Å²) in [5, 5.41) is 13.2. The fourth-order valence-electron chi connectivity index (χ4n) is 4.75. The molecule has 3 N–H and O–H groups in total. The van der Waals surface area contributed by atoms with Crippen LogP contribution in [0.2, 0.25) is 0 Å².